The molecule has 1 aliphatic rings. The maximum Gasteiger partial charge on any atom is 0.341 e. The molecule has 1 aliphatic heterocycles. The van der Waals surface area contributed by atoms with Gasteiger partial charge in [-0.15, -0.1) is 0 Å². The maximum atomic E-state index is 12.5. The molecule has 24 heavy (non-hydrogen) atoms. The molecule has 0 amide bonds. The van der Waals surface area contributed by atoms with Crippen LogP contribution in [-0.2, 0) is 4.74 Å². The molecule has 3 rings (SSSR count). The smallest absolute Gasteiger partial charge is 0.341 e. The zero-order chi connectivity index (χ0) is 17.4. The number of ether oxygens (including phenoxy) is 1. The van der Waals surface area contributed by atoms with Crippen LogP contribution in [0.1, 0.15) is 16.1 Å². The van der Waals surface area contributed by atoms with Crippen molar-refractivity contribution in [3.63, 3.8) is 0 Å². The molecule has 0 radical (unpaired) electrons. The van der Waals surface area contributed by atoms with Crippen LogP contribution in [0.4, 0.5) is 5.69 Å². The van der Waals surface area contributed by atoms with E-state index in [0.717, 1.165) is 6.07 Å². The number of carboxylic acid groups (broad SMARTS) is 1. The number of morpholine rings is 1. The highest BCUT2D eigenvalue weighted by Gasteiger charge is 2.24. The molecule has 1 aromatic carbocycles. The lowest BCUT2D eigenvalue weighted by Crippen LogP contribution is -2.46. The lowest BCUT2D eigenvalue weighted by molar-refractivity contribution is -0.384. The number of fused-ring (bicyclic) bond motifs is 1. The van der Waals surface area contributed by atoms with Crippen molar-refractivity contribution in [3.05, 3.63) is 49.8 Å². The number of nitrogens with zero attached hydrogens (tertiary/aromatic N) is 3. The number of nitro benzene ring substituents is 1. The predicted molar refractivity (Wildman–Crippen MR) is 85.3 cm³/mol. The average molecular weight is 333 g/mol. The second-order valence-electron chi connectivity index (χ2n) is 5.43. The largest absolute Gasteiger partial charge is 0.477 e. The minimum absolute atomic E-state index is 0.0127. The summed E-state index contributed by atoms with van der Waals surface area (Å²) in [7, 11) is 0. The second-order valence-corrected chi connectivity index (χ2v) is 5.43. The molecule has 2 heterocycles. The van der Waals surface area contributed by atoms with Crippen LogP contribution < -0.4 is 10.4 Å². The molecule has 0 unspecified atom stereocenters. The first-order chi connectivity index (χ1) is 11.4. The van der Waals surface area contributed by atoms with Gasteiger partial charge in [0.25, 0.3) is 5.69 Å². The van der Waals surface area contributed by atoms with Crippen LogP contribution in [0.25, 0.3) is 10.9 Å². The van der Waals surface area contributed by atoms with Gasteiger partial charge in [-0.3, -0.25) is 19.6 Å². The van der Waals surface area contributed by atoms with Gasteiger partial charge in [0.15, 0.2) is 0 Å². The van der Waals surface area contributed by atoms with Crippen LogP contribution in [0.5, 0.6) is 0 Å². The van der Waals surface area contributed by atoms with E-state index in [1.54, 1.807) is 11.6 Å². The van der Waals surface area contributed by atoms with Crippen molar-refractivity contribution in [2.45, 2.75) is 6.92 Å². The van der Waals surface area contributed by atoms with E-state index in [1.807, 2.05) is 5.01 Å². The number of non-ortho nitro benzene ring substituents is 1. The standard InChI is InChI=1S/C15H15N3O6/c1-9-13(15(20)21)14(19)11-8-10(18(22)23)2-3-12(11)17(9)16-4-6-24-7-5-16/h2-3,8H,4-7H2,1H3,(H,20,21). The van der Waals surface area contributed by atoms with Crippen molar-refractivity contribution in [2.75, 3.05) is 31.3 Å². The van der Waals surface area contributed by atoms with Crippen molar-refractivity contribution < 1.29 is 19.6 Å². The van der Waals surface area contributed by atoms with Gasteiger partial charge in [-0.2, -0.15) is 0 Å². The van der Waals surface area contributed by atoms with E-state index in [4.69, 9.17) is 4.74 Å². The Labute approximate surface area is 135 Å². The van der Waals surface area contributed by atoms with Crippen molar-refractivity contribution in [1.29, 1.82) is 0 Å². The summed E-state index contributed by atoms with van der Waals surface area (Å²) in [5.41, 5.74) is -0.628. The molecule has 0 aliphatic carbocycles. The Morgan fingerprint density at radius 1 is 1.33 bits per heavy atom. The van der Waals surface area contributed by atoms with Crippen LogP contribution >= 0.6 is 0 Å². The third-order valence-corrected chi connectivity index (χ3v) is 4.05. The van der Waals surface area contributed by atoms with E-state index >= 15 is 0 Å². The average Bonchev–Trinajstić information content (AvgIpc) is 2.55. The maximum absolute atomic E-state index is 12.5. The molecule has 0 spiro atoms. The summed E-state index contributed by atoms with van der Waals surface area (Å²) in [5, 5.41) is 22.3. The lowest BCUT2D eigenvalue weighted by Gasteiger charge is -2.33. The van der Waals surface area contributed by atoms with E-state index in [2.05, 4.69) is 0 Å². The van der Waals surface area contributed by atoms with Crippen LogP contribution in [-0.4, -0.2) is 47.0 Å². The van der Waals surface area contributed by atoms with Crippen molar-refractivity contribution in [2.24, 2.45) is 0 Å². The number of aromatic nitrogens is 1. The second kappa shape index (κ2) is 5.93. The molecular formula is C15H15N3O6. The molecule has 1 saturated heterocycles. The van der Waals surface area contributed by atoms with Gasteiger partial charge in [0.1, 0.15) is 5.56 Å². The van der Waals surface area contributed by atoms with Crippen LogP contribution in [0.15, 0.2) is 23.0 Å². The number of pyridine rings is 1. The van der Waals surface area contributed by atoms with Crippen molar-refractivity contribution in [3.8, 4) is 0 Å². The predicted octanol–water partition coefficient (Wildman–Crippen LogP) is 0.885. The Bertz CT molecular complexity index is 898. The molecule has 1 N–H and O–H groups in total. The van der Waals surface area contributed by atoms with Gasteiger partial charge < -0.3 is 14.9 Å². The number of carbonyl (C=O) groups is 1. The van der Waals surface area contributed by atoms with Gasteiger partial charge in [-0.05, 0) is 13.0 Å². The lowest BCUT2D eigenvalue weighted by atomic mass is 10.1. The molecule has 1 aromatic heterocycles. The highest BCUT2D eigenvalue weighted by atomic mass is 16.6. The SMILES string of the molecule is Cc1c(C(=O)O)c(=O)c2cc([N+](=O)[O-])ccc2n1N1CCOCC1. The van der Waals surface area contributed by atoms with Gasteiger partial charge in [0.05, 0.1) is 47.8 Å². The topological polar surface area (TPSA) is 115 Å². The number of hydrogen-bond acceptors (Lipinski definition) is 6. The number of nitro groups is 1. The number of rotatable bonds is 3. The first kappa shape index (κ1) is 15.9. The summed E-state index contributed by atoms with van der Waals surface area (Å²) in [5.74, 6) is -1.35. The highest BCUT2D eigenvalue weighted by molar-refractivity contribution is 5.94. The Morgan fingerprint density at radius 2 is 2.00 bits per heavy atom. The Balaban J connectivity index is 2.38. The molecule has 9 heteroatoms. The fourth-order valence-corrected chi connectivity index (χ4v) is 2.96. The quantitative estimate of drug-likeness (QED) is 0.655. The summed E-state index contributed by atoms with van der Waals surface area (Å²) in [6, 6.07) is 3.90. The Hall–Kier alpha value is -2.94. The summed E-state index contributed by atoms with van der Waals surface area (Å²) in [4.78, 5) is 34.5. The highest BCUT2D eigenvalue weighted by Crippen LogP contribution is 2.22. The van der Waals surface area contributed by atoms with Gasteiger partial charge in [0.2, 0.25) is 5.43 Å². The normalized spacial score (nSPS) is 14.8. The molecule has 9 nitrogen and oxygen atoms in total. The summed E-state index contributed by atoms with van der Waals surface area (Å²) < 4.78 is 6.95. The third kappa shape index (κ3) is 2.48. The number of hydrogen-bond donors (Lipinski definition) is 1. The van der Waals surface area contributed by atoms with Gasteiger partial charge >= 0.3 is 5.97 Å². The zero-order valence-electron chi connectivity index (χ0n) is 12.9. The molecule has 126 valence electrons. The monoisotopic (exact) mass is 333 g/mol. The molecule has 0 saturated carbocycles. The van der Waals surface area contributed by atoms with E-state index < -0.39 is 16.3 Å². The number of carboxylic acids is 1. The van der Waals surface area contributed by atoms with Crippen LogP contribution in [0.3, 0.4) is 0 Å². The van der Waals surface area contributed by atoms with Crippen molar-refractivity contribution >= 4 is 22.6 Å². The van der Waals surface area contributed by atoms with Gasteiger partial charge in [-0.1, -0.05) is 0 Å². The number of benzene rings is 1. The van der Waals surface area contributed by atoms with Crippen LogP contribution in [0, 0.1) is 17.0 Å². The van der Waals surface area contributed by atoms with Crippen LogP contribution in [0.2, 0.25) is 0 Å². The third-order valence-electron chi connectivity index (χ3n) is 4.05. The van der Waals surface area contributed by atoms with Gasteiger partial charge in [0, 0.05) is 12.1 Å². The molecule has 2 aromatic rings. The number of aromatic carboxylic acids is 1. The minimum Gasteiger partial charge on any atom is -0.477 e. The minimum atomic E-state index is -1.35. The Morgan fingerprint density at radius 3 is 2.58 bits per heavy atom. The van der Waals surface area contributed by atoms with E-state index in [1.165, 1.54) is 12.1 Å². The van der Waals surface area contributed by atoms with E-state index in [9.17, 15) is 24.8 Å². The summed E-state index contributed by atoms with van der Waals surface area (Å²) in [6.45, 7) is 3.55. The molecule has 1 fully saturated rings. The molecular weight excluding hydrogens is 318 g/mol. The van der Waals surface area contributed by atoms with Crippen molar-refractivity contribution in [1.82, 2.24) is 4.68 Å². The van der Waals surface area contributed by atoms with E-state index in [0.29, 0.717) is 31.8 Å². The van der Waals surface area contributed by atoms with Gasteiger partial charge in [-0.25, -0.2) is 4.79 Å². The summed E-state index contributed by atoms with van der Waals surface area (Å²) in [6.07, 6.45) is 0. The fraction of sp³-hybridized carbons (Fsp3) is 0.333. The fourth-order valence-electron chi connectivity index (χ4n) is 2.96. The van der Waals surface area contributed by atoms with E-state index in [-0.39, 0.29) is 22.3 Å². The Kier molecular flexibility index (Phi) is 3.94. The zero-order valence-corrected chi connectivity index (χ0v) is 12.9. The molecule has 0 bridgehead atoms. The first-order valence-electron chi connectivity index (χ1n) is 7.32. The first-order valence-corrected chi connectivity index (χ1v) is 7.32. The summed E-state index contributed by atoms with van der Waals surface area (Å²) >= 11 is 0. The molecule has 0 atom stereocenters.